The summed E-state index contributed by atoms with van der Waals surface area (Å²) >= 11 is 0. The van der Waals surface area contributed by atoms with Crippen molar-refractivity contribution in [1.29, 1.82) is 0 Å². The first-order valence-electron chi connectivity index (χ1n) is 6.92. The summed E-state index contributed by atoms with van der Waals surface area (Å²) in [6.07, 6.45) is 3.75. The van der Waals surface area contributed by atoms with Gasteiger partial charge in [-0.25, -0.2) is 0 Å². The summed E-state index contributed by atoms with van der Waals surface area (Å²) in [5.74, 6) is 0.638. The third kappa shape index (κ3) is 5.88. The van der Waals surface area contributed by atoms with Crippen LogP contribution >= 0.6 is 0 Å². The molecular weight excluding hydrogens is 206 g/mol. The number of nitrogens with one attached hydrogen (secondary N) is 1. The van der Waals surface area contributed by atoms with Crippen molar-refractivity contribution in [2.45, 2.75) is 58.9 Å². The zero-order valence-electron chi connectivity index (χ0n) is 11.8. The minimum Gasteiger partial charge on any atom is -0.315 e. The number of unbranched alkanes of at least 4 members (excludes halogenated alkanes) is 1. The maximum absolute atomic E-state index is 3.46. The lowest BCUT2D eigenvalue weighted by Crippen LogP contribution is -2.23. The Balaban J connectivity index is 2.23. The van der Waals surface area contributed by atoms with Crippen LogP contribution in [0.1, 0.15) is 57.6 Å². The molecule has 0 fully saturated rings. The second kappa shape index (κ2) is 7.50. The zero-order valence-corrected chi connectivity index (χ0v) is 11.8. The molecule has 0 spiro atoms. The molecule has 96 valence electrons. The molecule has 0 heterocycles. The number of aryl methyl sites for hydroxylation is 1. The molecule has 1 heteroatoms. The third-order valence-corrected chi connectivity index (χ3v) is 3.09. The van der Waals surface area contributed by atoms with Crippen molar-refractivity contribution in [2.24, 2.45) is 0 Å². The fourth-order valence-electron chi connectivity index (χ4n) is 1.91. The molecule has 0 atom stereocenters. The lowest BCUT2D eigenvalue weighted by molar-refractivity contribution is 0.557. The van der Waals surface area contributed by atoms with Gasteiger partial charge >= 0.3 is 0 Å². The summed E-state index contributed by atoms with van der Waals surface area (Å²) in [6, 6.07) is 9.72. The van der Waals surface area contributed by atoms with Crippen molar-refractivity contribution in [1.82, 2.24) is 5.32 Å². The van der Waals surface area contributed by atoms with Crippen LogP contribution in [-0.4, -0.2) is 12.6 Å². The van der Waals surface area contributed by atoms with Crippen molar-refractivity contribution in [3.05, 3.63) is 35.4 Å². The molecule has 0 saturated heterocycles. The first-order chi connectivity index (χ1) is 8.09. The van der Waals surface area contributed by atoms with Crippen molar-refractivity contribution in [3.8, 4) is 0 Å². The molecule has 1 N–H and O–H groups in total. The first-order valence-corrected chi connectivity index (χ1v) is 6.92. The number of hydrogen-bond acceptors (Lipinski definition) is 1. The smallest absolute Gasteiger partial charge is 0.00103 e. The first kappa shape index (κ1) is 14.2. The molecule has 1 aromatic carbocycles. The van der Waals surface area contributed by atoms with Crippen LogP contribution in [-0.2, 0) is 6.42 Å². The van der Waals surface area contributed by atoms with E-state index in [1.165, 1.54) is 30.4 Å². The average Bonchev–Trinajstić information content (AvgIpc) is 2.29. The lowest BCUT2D eigenvalue weighted by Gasteiger charge is -2.08. The van der Waals surface area contributed by atoms with Crippen LogP contribution in [0.5, 0.6) is 0 Å². The average molecular weight is 233 g/mol. The Kier molecular flexibility index (Phi) is 6.28. The molecular formula is C16H27N. The second-order valence-corrected chi connectivity index (χ2v) is 5.46. The number of benzene rings is 1. The summed E-state index contributed by atoms with van der Waals surface area (Å²) in [5, 5.41) is 3.46. The molecule has 1 aromatic rings. The van der Waals surface area contributed by atoms with Crippen LogP contribution in [0.25, 0.3) is 0 Å². The summed E-state index contributed by atoms with van der Waals surface area (Å²) in [5.41, 5.74) is 2.91. The second-order valence-electron chi connectivity index (χ2n) is 5.46. The van der Waals surface area contributed by atoms with E-state index in [-0.39, 0.29) is 0 Å². The summed E-state index contributed by atoms with van der Waals surface area (Å²) < 4.78 is 0. The minimum absolute atomic E-state index is 0.611. The van der Waals surface area contributed by atoms with Gasteiger partial charge in [0, 0.05) is 6.04 Å². The van der Waals surface area contributed by atoms with Crippen LogP contribution < -0.4 is 5.32 Å². The van der Waals surface area contributed by atoms with Crippen molar-refractivity contribution in [2.75, 3.05) is 6.54 Å². The van der Waals surface area contributed by atoms with Gasteiger partial charge in [-0.05, 0) is 42.9 Å². The summed E-state index contributed by atoms with van der Waals surface area (Å²) in [7, 11) is 0. The quantitative estimate of drug-likeness (QED) is 0.698. The van der Waals surface area contributed by atoms with Crippen LogP contribution in [0.2, 0.25) is 0 Å². The molecule has 0 unspecified atom stereocenters. The van der Waals surface area contributed by atoms with E-state index in [0.29, 0.717) is 12.0 Å². The van der Waals surface area contributed by atoms with E-state index in [1.54, 1.807) is 0 Å². The highest BCUT2D eigenvalue weighted by Crippen LogP contribution is 2.15. The van der Waals surface area contributed by atoms with E-state index >= 15 is 0 Å². The van der Waals surface area contributed by atoms with Crippen LogP contribution in [0.15, 0.2) is 24.3 Å². The van der Waals surface area contributed by atoms with Gasteiger partial charge in [-0.2, -0.15) is 0 Å². The zero-order chi connectivity index (χ0) is 12.7. The highest BCUT2D eigenvalue weighted by molar-refractivity contribution is 5.24. The van der Waals surface area contributed by atoms with E-state index in [1.807, 2.05) is 0 Å². The highest BCUT2D eigenvalue weighted by atomic mass is 14.9. The molecule has 0 aliphatic heterocycles. The van der Waals surface area contributed by atoms with E-state index in [4.69, 9.17) is 0 Å². The molecule has 0 aliphatic rings. The van der Waals surface area contributed by atoms with Gasteiger partial charge in [-0.15, -0.1) is 0 Å². The van der Waals surface area contributed by atoms with E-state index in [2.05, 4.69) is 57.3 Å². The Morgan fingerprint density at radius 1 is 0.941 bits per heavy atom. The van der Waals surface area contributed by atoms with Crippen LogP contribution in [0.4, 0.5) is 0 Å². The molecule has 0 amide bonds. The van der Waals surface area contributed by atoms with E-state index in [9.17, 15) is 0 Å². The summed E-state index contributed by atoms with van der Waals surface area (Å²) in [6.45, 7) is 10.0. The van der Waals surface area contributed by atoms with Gasteiger partial charge in [0.05, 0.1) is 0 Å². The van der Waals surface area contributed by atoms with Crippen molar-refractivity contribution >= 4 is 0 Å². The lowest BCUT2D eigenvalue weighted by atomic mass is 10.00. The Morgan fingerprint density at radius 3 is 2.12 bits per heavy atom. The highest BCUT2D eigenvalue weighted by Gasteiger charge is 1.99. The Labute approximate surface area is 107 Å². The van der Waals surface area contributed by atoms with E-state index < -0.39 is 0 Å². The number of rotatable bonds is 7. The standard InChI is InChI=1S/C16H27N/c1-13(2)16-10-8-15(9-11-16)7-5-6-12-17-14(3)4/h8-11,13-14,17H,5-7,12H2,1-4H3. The van der Waals surface area contributed by atoms with Gasteiger partial charge < -0.3 is 5.32 Å². The maximum Gasteiger partial charge on any atom is 0.00103 e. The molecule has 0 radical (unpaired) electrons. The van der Waals surface area contributed by atoms with Gasteiger partial charge in [-0.3, -0.25) is 0 Å². The Bertz CT molecular complexity index is 298. The molecule has 17 heavy (non-hydrogen) atoms. The largest absolute Gasteiger partial charge is 0.315 e. The summed E-state index contributed by atoms with van der Waals surface area (Å²) in [4.78, 5) is 0. The fraction of sp³-hybridized carbons (Fsp3) is 0.625. The van der Waals surface area contributed by atoms with Gasteiger partial charge in [0.1, 0.15) is 0 Å². The van der Waals surface area contributed by atoms with Gasteiger partial charge in [0.15, 0.2) is 0 Å². The van der Waals surface area contributed by atoms with Crippen LogP contribution in [0, 0.1) is 0 Å². The molecule has 1 nitrogen and oxygen atoms in total. The molecule has 0 bridgehead atoms. The topological polar surface area (TPSA) is 12.0 Å². The Hall–Kier alpha value is -0.820. The maximum atomic E-state index is 3.46. The SMILES string of the molecule is CC(C)NCCCCc1ccc(C(C)C)cc1. The van der Waals surface area contributed by atoms with Gasteiger partial charge in [0.2, 0.25) is 0 Å². The third-order valence-electron chi connectivity index (χ3n) is 3.09. The van der Waals surface area contributed by atoms with Gasteiger partial charge in [0.25, 0.3) is 0 Å². The fourth-order valence-corrected chi connectivity index (χ4v) is 1.91. The Morgan fingerprint density at radius 2 is 1.59 bits per heavy atom. The predicted molar refractivity (Wildman–Crippen MR) is 76.6 cm³/mol. The van der Waals surface area contributed by atoms with Crippen molar-refractivity contribution < 1.29 is 0 Å². The molecule has 0 aliphatic carbocycles. The monoisotopic (exact) mass is 233 g/mol. The number of hydrogen-bond donors (Lipinski definition) is 1. The minimum atomic E-state index is 0.611. The van der Waals surface area contributed by atoms with E-state index in [0.717, 1.165) is 6.54 Å². The molecule has 0 aromatic heterocycles. The van der Waals surface area contributed by atoms with Crippen molar-refractivity contribution in [3.63, 3.8) is 0 Å². The van der Waals surface area contributed by atoms with Gasteiger partial charge in [-0.1, -0.05) is 52.0 Å². The molecule has 0 saturated carbocycles. The molecule has 1 rings (SSSR count). The normalized spacial score (nSPS) is 11.4. The van der Waals surface area contributed by atoms with Crippen LogP contribution in [0.3, 0.4) is 0 Å². The predicted octanol–water partition coefficient (Wildman–Crippen LogP) is 4.13.